The lowest BCUT2D eigenvalue weighted by Crippen LogP contribution is -2.50. The first-order valence-corrected chi connectivity index (χ1v) is 8.74. The average Bonchev–Trinajstić information content (AvgIpc) is 2.62. The highest BCUT2D eigenvalue weighted by atomic mass is 16.5. The second-order valence-corrected chi connectivity index (χ2v) is 6.39. The Kier molecular flexibility index (Phi) is 7.46. The molecule has 0 spiro atoms. The van der Waals surface area contributed by atoms with Gasteiger partial charge in [0.1, 0.15) is 0 Å². The van der Waals surface area contributed by atoms with Gasteiger partial charge >= 0.3 is 0 Å². The molecule has 6 nitrogen and oxygen atoms in total. The first-order valence-electron chi connectivity index (χ1n) is 8.74. The predicted octanol–water partition coefficient (Wildman–Crippen LogP) is 0.758. The van der Waals surface area contributed by atoms with E-state index >= 15 is 0 Å². The van der Waals surface area contributed by atoms with Gasteiger partial charge in [-0.3, -0.25) is 14.5 Å². The van der Waals surface area contributed by atoms with Crippen LogP contribution in [-0.2, 0) is 14.3 Å². The first kappa shape index (κ1) is 18.7. The summed E-state index contributed by atoms with van der Waals surface area (Å²) >= 11 is 0. The molecule has 0 bridgehead atoms. The van der Waals surface area contributed by atoms with Gasteiger partial charge in [-0.05, 0) is 19.4 Å². The number of rotatable bonds is 7. The number of hydrogen-bond donors (Lipinski definition) is 0. The summed E-state index contributed by atoms with van der Waals surface area (Å²) in [7, 11) is 0. The van der Waals surface area contributed by atoms with Crippen molar-refractivity contribution in [2.75, 3.05) is 59.0 Å². The van der Waals surface area contributed by atoms with Crippen molar-refractivity contribution in [1.82, 2.24) is 14.7 Å². The van der Waals surface area contributed by atoms with E-state index < -0.39 is 0 Å². The van der Waals surface area contributed by atoms with Gasteiger partial charge in [0.25, 0.3) is 0 Å². The van der Waals surface area contributed by atoms with Crippen LogP contribution in [0, 0.1) is 5.92 Å². The number of morpholine rings is 1. The lowest BCUT2D eigenvalue weighted by Gasteiger charge is -2.36. The molecule has 0 aromatic carbocycles. The van der Waals surface area contributed by atoms with Crippen LogP contribution in [0.15, 0.2) is 25.3 Å². The Labute approximate surface area is 144 Å². The fourth-order valence-electron chi connectivity index (χ4n) is 3.32. The Bertz CT molecular complexity index is 450. The molecule has 2 fully saturated rings. The fraction of sp³-hybridized carbons (Fsp3) is 0.667. The summed E-state index contributed by atoms with van der Waals surface area (Å²) in [4.78, 5) is 30.8. The van der Waals surface area contributed by atoms with E-state index in [1.165, 1.54) is 0 Å². The highest BCUT2D eigenvalue weighted by Crippen LogP contribution is 2.19. The molecule has 2 rings (SSSR count). The van der Waals surface area contributed by atoms with Crippen molar-refractivity contribution in [1.29, 1.82) is 0 Å². The van der Waals surface area contributed by atoms with Crippen molar-refractivity contribution in [2.45, 2.75) is 12.8 Å². The number of ether oxygens (including phenoxy) is 1. The quantitative estimate of drug-likeness (QED) is 0.645. The Morgan fingerprint density at radius 1 is 1.12 bits per heavy atom. The third-order valence-electron chi connectivity index (χ3n) is 4.59. The van der Waals surface area contributed by atoms with Crippen LogP contribution in [0.2, 0.25) is 0 Å². The Hall–Kier alpha value is -1.66. The first-order chi connectivity index (χ1) is 11.7. The van der Waals surface area contributed by atoms with Crippen LogP contribution in [0.4, 0.5) is 0 Å². The predicted molar refractivity (Wildman–Crippen MR) is 93.5 cm³/mol. The number of amides is 2. The van der Waals surface area contributed by atoms with E-state index in [2.05, 4.69) is 18.1 Å². The molecule has 6 heteroatoms. The van der Waals surface area contributed by atoms with Crippen molar-refractivity contribution >= 4 is 11.8 Å². The number of hydrogen-bond acceptors (Lipinski definition) is 4. The number of likely N-dealkylation sites (tertiary alicyclic amines) is 1. The normalized spacial score (nSPS) is 22.0. The minimum Gasteiger partial charge on any atom is -0.378 e. The summed E-state index contributed by atoms with van der Waals surface area (Å²) in [5.74, 6) is 0.274. The lowest BCUT2D eigenvalue weighted by molar-refractivity contribution is -0.142. The molecule has 0 aromatic rings. The molecular weight excluding hydrogens is 306 g/mol. The maximum atomic E-state index is 12.6. The molecular formula is C18H29N3O3. The zero-order valence-electron chi connectivity index (χ0n) is 14.5. The van der Waals surface area contributed by atoms with Crippen LogP contribution in [0.1, 0.15) is 12.8 Å². The highest BCUT2D eigenvalue weighted by Gasteiger charge is 2.31. The van der Waals surface area contributed by atoms with Crippen molar-refractivity contribution in [3.8, 4) is 0 Å². The molecule has 0 saturated carbocycles. The van der Waals surface area contributed by atoms with E-state index in [4.69, 9.17) is 4.74 Å². The summed E-state index contributed by atoms with van der Waals surface area (Å²) in [6, 6.07) is 0. The second-order valence-electron chi connectivity index (χ2n) is 6.39. The highest BCUT2D eigenvalue weighted by molar-refractivity contribution is 5.80. The van der Waals surface area contributed by atoms with Crippen molar-refractivity contribution in [2.24, 2.45) is 5.92 Å². The average molecular weight is 335 g/mol. The molecule has 1 atom stereocenters. The van der Waals surface area contributed by atoms with Crippen LogP contribution in [0.5, 0.6) is 0 Å². The van der Waals surface area contributed by atoms with Crippen molar-refractivity contribution in [3.05, 3.63) is 25.3 Å². The van der Waals surface area contributed by atoms with Crippen LogP contribution in [-0.4, -0.2) is 85.5 Å². The van der Waals surface area contributed by atoms with Gasteiger partial charge in [-0.15, -0.1) is 13.2 Å². The van der Waals surface area contributed by atoms with E-state index in [1.807, 2.05) is 4.90 Å². The van der Waals surface area contributed by atoms with Crippen molar-refractivity contribution < 1.29 is 14.3 Å². The molecule has 2 aliphatic heterocycles. The van der Waals surface area contributed by atoms with Crippen LogP contribution in [0.3, 0.4) is 0 Å². The van der Waals surface area contributed by atoms with Gasteiger partial charge in [-0.1, -0.05) is 12.2 Å². The molecule has 2 aliphatic rings. The van der Waals surface area contributed by atoms with Gasteiger partial charge in [0, 0.05) is 32.7 Å². The van der Waals surface area contributed by atoms with Crippen molar-refractivity contribution in [3.63, 3.8) is 0 Å². The summed E-state index contributed by atoms with van der Waals surface area (Å²) in [5, 5.41) is 0. The molecule has 2 heterocycles. The molecule has 0 aliphatic carbocycles. The second kappa shape index (κ2) is 9.59. The molecule has 1 unspecified atom stereocenters. The molecule has 24 heavy (non-hydrogen) atoms. The largest absolute Gasteiger partial charge is 0.378 e. The third-order valence-corrected chi connectivity index (χ3v) is 4.59. The minimum absolute atomic E-state index is 0.00286. The Morgan fingerprint density at radius 3 is 2.42 bits per heavy atom. The van der Waals surface area contributed by atoms with E-state index in [0.29, 0.717) is 52.5 Å². The molecule has 0 aromatic heterocycles. The smallest absolute Gasteiger partial charge is 0.237 e. The molecule has 2 amide bonds. The van der Waals surface area contributed by atoms with E-state index in [0.717, 1.165) is 19.4 Å². The van der Waals surface area contributed by atoms with Crippen LogP contribution < -0.4 is 0 Å². The van der Waals surface area contributed by atoms with Gasteiger partial charge in [-0.25, -0.2) is 0 Å². The zero-order valence-corrected chi connectivity index (χ0v) is 14.5. The van der Waals surface area contributed by atoms with E-state index in [9.17, 15) is 9.59 Å². The SMILES string of the molecule is C=CCN(CC=C)C(=O)CN1CCCC(C(=O)N2CCOCC2)C1. The monoisotopic (exact) mass is 335 g/mol. The number of carbonyl (C=O) groups excluding carboxylic acids is 2. The fourth-order valence-corrected chi connectivity index (χ4v) is 3.32. The van der Waals surface area contributed by atoms with Gasteiger partial charge in [-0.2, -0.15) is 0 Å². The van der Waals surface area contributed by atoms with Gasteiger partial charge < -0.3 is 14.5 Å². The Balaban J connectivity index is 1.87. The summed E-state index contributed by atoms with van der Waals surface area (Å²) in [5.41, 5.74) is 0. The summed E-state index contributed by atoms with van der Waals surface area (Å²) < 4.78 is 5.31. The molecule has 2 saturated heterocycles. The molecule has 134 valence electrons. The van der Waals surface area contributed by atoms with Crippen LogP contribution >= 0.6 is 0 Å². The third kappa shape index (κ3) is 5.18. The summed E-state index contributed by atoms with van der Waals surface area (Å²) in [6.45, 7) is 12.9. The van der Waals surface area contributed by atoms with Gasteiger partial charge in [0.15, 0.2) is 0 Å². The number of piperidine rings is 1. The summed E-state index contributed by atoms with van der Waals surface area (Å²) in [6.07, 6.45) is 5.31. The topological polar surface area (TPSA) is 53.1 Å². The number of nitrogens with zero attached hydrogens (tertiary/aromatic N) is 3. The lowest BCUT2D eigenvalue weighted by atomic mass is 9.96. The number of carbonyl (C=O) groups is 2. The maximum Gasteiger partial charge on any atom is 0.237 e. The maximum absolute atomic E-state index is 12.6. The molecule has 0 radical (unpaired) electrons. The zero-order chi connectivity index (χ0) is 17.4. The molecule has 0 N–H and O–H groups in total. The standard InChI is InChI=1S/C18H29N3O3/c1-3-7-20(8-4-2)17(22)15-19-9-5-6-16(14-19)18(23)21-10-12-24-13-11-21/h3-4,16H,1-2,5-15H2. The Morgan fingerprint density at radius 2 is 1.79 bits per heavy atom. The van der Waals surface area contributed by atoms with E-state index in [-0.39, 0.29) is 17.7 Å². The minimum atomic E-state index is -0.00286. The van der Waals surface area contributed by atoms with Crippen LogP contribution in [0.25, 0.3) is 0 Å². The van der Waals surface area contributed by atoms with Gasteiger partial charge in [0.05, 0.1) is 25.7 Å². The van der Waals surface area contributed by atoms with E-state index in [1.54, 1.807) is 17.1 Å². The van der Waals surface area contributed by atoms with Gasteiger partial charge in [0.2, 0.25) is 11.8 Å².